The van der Waals surface area contributed by atoms with Crippen molar-refractivity contribution in [3.05, 3.63) is 24.3 Å². The van der Waals surface area contributed by atoms with Crippen LogP contribution in [0.15, 0.2) is 24.3 Å². The largest absolute Gasteiger partial charge is 0.454 e. The Labute approximate surface area is 167 Å². The molecule has 0 spiro atoms. The second kappa shape index (κ2) is 7.65. The Kier molecular flexibility index (Phi) is 5.04. The molecule has 0 aromatic heterocycles. The first-order valence-electron chi connectivity index (χ1n) is 9.66. The van der Waals surface area contributed by atoms with Crippen molar-refractivity contribution in [3.8, 4) is 0 Å². The number of likely N-dealkylation sites (tertiary alicyclic amines) is 1. The Balaban J connectivity index is 1.35. The van der Waals surface area contributed by atoms with Gasteiger partial charge in [0, 0.05) is 0 Å². The number of para-hydroxylation sites is 2. The maximum absolute atomic E-state index is 12.5. The third kappa shape index (κ3) is 3.59. The van der Waals surface area contributed by atoms with Gasteiger partial charge in [-0.2, -0.15) is 0 Å². The number of nitrogens with one attached hydrogen (secondary N) is 1. The molecule has 2 heterocycles. The summed E-state index contributed by atoms with van der Waals surface area (Å²) in [6.45, 7) is -1.25. The number of hydrogen-bond donors (Lipinski definition) is 1. The van der Waals surface area contributed by atoms with Crippen LogP contribution in [0.1, 0.15) is 25.7 Å². The number of hydrogen-bond acceptors (Lipinski definition) is 6. The van der Waals surface area contributed by atoms with Crippen molar-refractivity contribution in [3.63, 3.8) is 0 Å². The molecule has 1 aromatic carbocycles. The molecule has 2 aliphatic heterocycles. The molecule has 0 unspecified atom stereocenters. The number of benzene rings is 1. The molecule has 1 N–H and O–H groups in total. The Morgan fingerprint density at radius 3 is 2.38 bits per heavy atom. The fourth-order valence-corrected chi connectivity index (χ4v) is 4.24. The topological polar surface area (TPSA) is 113 Å². The minimum Gasteiger partial charge on any atom is -0.454 e. The monoisotopic (exact) mass is 399 g/mol. The third-order valence-corrected chi connectivity index (χ3v) is 5.65. The lowest BCUT2D eigenvalue weighted by molar-refractivity contribution is -0.154. The van der Waals surface area contributed by atoms with Crippen LogP contribution in [-0.2, 0) is 28.7 Å². The molecule has 2 fully saturated rings. The van der Waals surface area contributed by atoms with E-state index in [0.29, 0.717) is 24.2 Å². The highest BCUT2D eigenvalue weighted by Crippen LogP contribution is 2.37. The van der Waals surface area contributed by atoms with Gasteiger partial charge in [0.25, 0.3) is 5.91 Å². The Bertz CT molecular complexity index is 874. The van der Waals surface area contributed by atoms with Gasteiger partial charge in [0.1, 0.15) is 13.1 Å². The first-order valence-corrected chi connectivity index (χ1v) is 9.66. The van der Waals surface area contributed by atoms with Gasteiger partial charge in [-0.1, -0.05) is 25.0 Å². The summed E-state index contributed by atoms with van der Waals surface area (Å²) in [6, 6.07) is 6.81. The fourth-order valence-electron chi connectivity index (χ4n) is 4.24. The summed E-state index contributed by atoms with van der Waals surface area (Å²) in [4.78, 5) is 63.5. The normalized spacial score (nSPS) is 23.4. The molecule has 1 saturated heterocycles. The van der Waals surface area contributed by atoms with Crippen molar-refractivity contribution in [1.29, 1.82) is 0 Å². The number of carbonyl (C=O) groups excluding carboxylic acids is 5. The molecule has 9 heteroatoms. The molecule has 9 nitrogen and oxygen atoms in total. The van der Waals surface area contributed by atoms with Crippen molar-refractivity contribution in [1.82, 2.24) is 4.90 Å². The Morgan fingerprint density at radius 2 is 1.69 bits per heavy atom. The van der Waals surface area contributed by atoms with E-state index in [9.17, 15) is 24.0 Å². The summed E-state index contributed by atoms with van der Waals surface area (Å²) in [7, 11) is 0. The summed E-state index contributed by atoms with van der Waals surface area (Å²) in [6.07, 6.45) is 3.13. The summed E-state index contributed by atoms with van der Waals surface area (Å²) < 4.78 is 5.01. The molecule has 2 atom stereocenters. The molecular weight excluding hydrogens is 378 g/mol. The summed E-state index contributed by atoms with van der Waals surface area (Å²) >= 11 is 0. The predicted molar refractivity (Wildman–Crippen MR) is 101 cm³/mol. The van der Waals surface area contributed by atoms with Gasteiger partial charge in [-0.25, -0.2) is 0 Å². The minimum absolute atomic E-state index is 0.181. The second-order valence-corrected chi connectivity index (χ2v) is 7.47. The molecule has 1 saturated carbocycles. The lowest BCUT2D eigenvalue weighted by atomic mass is 9.81. The van der Waals surface area contributed by atoms with Crippen LogP contribution >= 0.6 is 0 Å². The van der Waals surface area contributed by atoms with E-state index in [1.54, 1.807) is 24.3 Å². The lowest BCUT2D eigenvalue weighted by Gasteiger charge is -2.28. The van der Waals surface area contributed by atoms with Gasteiger partial charge in [0.15, 0.2) is 6.61 Å². The molecule has 0 radical (unpaired) electrons. The van der Waals surface area contributed by atoms with E-state index in [4.69, 9.17) is 4.74 Å². The van der Waals surface area contributed by atoms with Gasteiger partial charge in [-0.15, -0.1) is 0 Å². The number of fused-ring (bicyclic) bond motifs is 2. The molecule has 3 aliphatic rings. The zero-order valence-electron chi connectivity index (χ0n) is 15.8. The Morgan fingerprint density at radius 1 is 1.03 bits per heavy atom. The van der Waals surface area contributed by atoms with E-state index in [2.05, 4.69) is 5.32 Å². The van der Waals surface area contributed by atoms with E-state index in [0.717, 1.165) is 17.7 Å². The number of rotatable bonds is 4. The molecular formula is C20H21N3O6. The number of esters is 1. The number of anilines is 2. The highest BCUT2D eigenvalue weighted by molar-refractivity contribution is 6.10. The highest BCUT2D eigenvalue weighted by atomic mass is 16.5. The van der Waals surface area contributed by atoms with Crippen molar-refractivity contribution in [2.45, 2.75) is 25.7 Å². The molecule has 1 aliphatic carbocycles. The second-order valence-electron chi connectivity index (χ2n) is 7.47. The minimum atomic E-state index is -0.826. The average Bonchev–Trinajstić information content (AvgIpc) is 2.96. The van der Waals surface area contributed by atoms with E-state index < -0.39 is 25.0 Å². The maximum atomic E-state index is 12.5. The van der Waals surface area contributed by atoms with Crippen LogP contribution in [0.25, 0.3) is 0 Å². The predicted octanol–water partition coefficient (Wildman–Crippen LogP) is 0.690. The zero-order valence-corrected chi connectivity index (χ0v) is 15.8. The standard InChI is InChI=1S/C20H21N3O6/c24-16-9-22(15-8-4-3-7-14(15)21-16)17(25)11-29-18(26)10-23-19(27)12-5-1-2-6-13(12)20(23)28/h3-4,7-8,12-13H,1-2,5-6,9-11H2,(H,21,24)/t12-,13+. The van der Waals surface area contributed by atoms with E-state index in [1.807, 2.05) is 0 Å². The van der Waals surface area contributed by atoms with Crippen LogP contribution in [0, 0.1) is 11.8 Å². The molecule has 4 rings (SSSR count). The van der Waals surface area contributed by atoms with Gasteiger partial charge in [0.05, 0.1) is 23.2 Å². The summed E-state index contributed by atoms with van der Waals surface area (Å²) in [5, 5.41) is 2.67. The van der Waals surface area contributed by atoms with E-state index >= 15 is 0 Å². The number of ether oxygens (including phenoxy) is 1. The quantitative estimate of drug-likeness (QED) is 0.589. The number of imide groups is 1. The summed E-state index contributed by atoms with van der Waals surface area (Å²) in [5.41, 5.74) is 1.02. The third-order valence-electron chi connectivity index (χ3n) is 5.65. The van der Waals surface area contributed by atoms with Crippen molar-refractivity contribution >= 4 is 41.0 Å². The van der Waals surface area contributed by atoms with Crippen molar-refractivity contribution < 1.29 is 28.7 Å². The van der Waals surface area contributed by atoms with Crippen LogP contribution in [0.4, 0.5) is 11.4 Å². The molecule has 29 heavy (non-hydrogen) atoms. The molecule has 152 valence electrons. The van der Waals surface area contributed by atoms with E-state index in [1.165, 1.54) is 4.90 Å². The van der Waals surface area contributed by atoms with Crippen LogP contribution in [0.5, 0.6) is 0 Å². The maximum Gasteiger partial charge on any atom is 0.326 e. The summed E-state index contributed by atoms with van der Waals surface area (Å²) in [5.74, 6) is -3.07. The van der Waals surface area contributed by atoms with Gasteiger partial charge in [-0.05, 0) is 25.0 Å². The number of amides is 4. The Hall–Kier alpha value is -3.23. The lowest BCUT2D eigenvalue weighted by Crippen LogP contribution is -2.44. The zero-order chi connectivity index (χ0) is 20.5. The van der Waals surface area contributed by atoms with Crippen LogP contribution in [-0.4, -0.2) is 54.2 Å². The van der Waals surface area contributed by atoms with Gasteiger partial charge in [-0.3, -0.25) is 33.8 Å². The molecule has 4 amide bonds. The van der Waals surface area contributed by atoms with Crippen LogP contribution < -0.4 is 10.2 Å². The average molecular weight is 399 g/mol. The van der Waals surface area contributed by atoms with Gasteiger partial charge in [0.2, 0.25) is 17.7 Å². The smallest absolute Gasteiger partial charge is 0.326 e. The van der Waals surface area contributed by atoms with Crippen molar-refractivity contribution in [2.75, 3.05) is 29.9 Å². The first kappa shape index (κ1) is 19.1. The molecule has 0 bridgehead atoms. The van der Waals surface area contributed by atoms with Crippen LogP contribution in [0.3, 0.4) is 0 Å². The molecule has 1 aromatic rings. The van der Waals surface area contributed by atoms with Crippen LogP contribution in [0.2, 0.25) is 0 Å². The first-order chi connectivity index (χ1) is 14.0. The van der Waals surface area contributed by atoms with Gasteiger partial charge >= 0.3 is 5.97 Å². The van der Waals surface area contributed by atoms with E-state index in [-0.39, 0.29) is 36.1 Å². The van der Waals surface area contributed by atoms with Gasteiger partial charge < -0.3 is 10.1 Å². The SMILES string of the molecule is O=C1CN(C(=O)COC(=O)CN2C(=O)[C@H]3CCCC[C@H]3C2=O)c2ccccc2N1. The number of carbonyl (C=O) groups is 5. The fraction of sp³-hybridized carbons (Fsp3) is 0.450. The van der Waals surface area contributed by atoms with Crippen molar-refractivity contribution in [2.24, 2.45) is 11.8 Å². The highest BCUT2D eigenvalue weighted by Gasteiger charge is 2.48. The number of nitrogens with zero attached hydrogens (tertiary/aromatic N) is 2.